The molecule has 0 saturated heterocycles. The molecule has 1 heterocycles. The monoisotopic (exact) mass is 278 g/mol. The molecule has 0 aliphatic rings. The number of carbonyl (C=O) groups excluding carboxylic acids is 1. The maximum Gasteiger partial charge on any atom is 0.406 e. The van der Waals surface area contributed by atoms with Crippen LogP contribution in [0.4, 0.5) is 13.2 Å². The SMILES string of the molecule is CC(N)CCC(=O)N(Cc1ccco1)CC(F)(F)F. The molecular formula is C12H17F3N2O2. The molecule has 1 aromatic heterocycles. The standard InChI is InChI=1S/C12H17F3N2O2/c1-9(16)4-5-11(18)17(8-12(13,14)15)7-10-3-2-6-19-10/h2-3,6,9H,4-5,7-8,16H2,1H3. The molecule has 2 N–H and O–H groups in total. The molecule has 7 heteroatoms. The fourth-order valence-corrected chi connectivity index (χ4v) is 1.55. The van der Waals surface area contributed by atoms with Crippen LogP contribution in [-0.2, 0) is 11.3 Å². The topological polar surface area (TPSA) is 59.5 Å². The van der Waals surface area contributed by atoms with E-state index in [1.165, 1.54) is 12.3 Å². The molecule has 0 aliphatic carbocycles. The average molecular weight is 278 g/mol. The predicted octanol–water partition coefficient (Wildman–Crippen LogP) is 2.30. The van der Waals surface area contributed by atoms with Crippen LogP contribution in [0, 0.1) is 0 Å². The normalized spacial score (nSPS) is 13.3. The van der Waals surface area contributed by atoms with E-state index in [4.69, 9.17) is 10.2 Å². The molecule has 1 amide bonds. The van der Waals surface area contributed by atoms with Gasteiger partial charge in [-0.3, -0.25) is 4.79 Å². The van der Waals surface area contributed by atoms with Crippen molar-refractivity contribution in [3.8, 4) is 0 Å². The Morgan fingerprint density at radius 3 is 2.68 bits per heavy atom. The lowest BCUT2D eigenvalue weighted by Crippen LogP contribution is -2.38. The largest absolute Gasteiger partial charge is 0.467 e. The van der Waals surface area contributed by atoms with E-state index < -0.39 is 18.6 Å². The van der Waals surface area contributed by atoms with Crippen molar-refractivity contribution in [1.29, 1.82) is 0 Å². The second kappa shape index (κ2) is 6.60. The molecule has 0 radical (unpaired) electrons. The third-order valence-electron chi connectivity index (χ3n) is 2.46. The predicted molar refractivity (Wildman–Crippen MR) is 63.1 cm³/mol. The zero-order valence-corrected chi connectivity index (χ0v) is 10.6. The van der Waals surface area contributed by atoms with Gasteiger partial charge >= 0.3 is 6.18 Å². The van der Waals surface area contributed by atoms with Crippen LogP contribution in [0.1, 0.15) is 25.5 Å². The summed E-state index contributed by atoms with van der Waals surface area (Å²) in [5, 5.41) is 0. The highest BCUT2D eigenvalue weighted by Gasteiger charge is 2.33. The molecule has 19 heavy (non-hydrogen) atoms. The van der Waals surface area contributed by atoms with Crippen LogP contribution < -0.4 is 5.73 Å². The van der Waals surface area contributed by atoms with Crippen molar-refractivity contribution < 1.29 is 22.4 Å². The summed E-state index contributed by atoms with van der Waals surface area (Å²) in [5.41, 5.74) is 5.49. The molecule has 0 saturated carbocycles. The summed E-state index contributed by atoms with van der Waals surface area (Å²) in [7, 11) is 0. The van der Waals surface area contributed by atoms with Gasteiger partial charge in [0.2, 0.25) is 5.91 Å². The minimum Gasteiger partial charge on any atom is -0.467 e. The summed E-state index contributed by atoms with van der Waals surface area (Å²) in [5.74, 6) is -0.260. The number of hydrogen-bond acceptors (Lipinski definition) is 3. The van der Waals surface area contributed by atoms with Gasteiger partial charge in [0, 0.05) is 12.5 Å². The van der Waals surface area contributed by atoms with Crippen molar-refractivity contribution in [3.63, 3.8) is 0 Å². The van der Waals surface area contributed by atoms with E-state index >= 15 is 0 Å². The van der Waals surface area contributed by atoms with E-state index in [0.717, 1.165) is 4.90 Å². The second-order valence-electron chi connectivity index (χ2n) is 4.46. The third kappa shape index (κ3) is 6.28. The lowest BCUT2D eigenvalue weighted by atomic mass is 10.2. The number of furan rings is 1. The lowest BCUT2D eigenvalue weighted by molar-refractivity contribution is -0.162. The molecule has 1 rings (SSSR count). The van der Waals surface area contributed by atoms with Gasteiger partial charge in [-0.25, -0.2) is 0 Å². The Kier molecular flexibility index (Phi) is 5.41. The van der Waals surface area contributed by atoms with Gasteiger partial charge in [-0.1, -0.05) is 0 Å². The number of nitrogens with zero attached hydrogens (tertiary/aromatic N) is 1. The number of alkyl halides is 3. The zero-order valence-electron chi connectivity index (χ0n) is 10.6. The average Bonchev–Trinajstić information content (AvgIpc) is 2.75. The minimum absolute atomic E-state index is 0.00550. The van der Waals surface area contributed by atoms with Gasteiger partial charge < -0.3 is 15.1 Å². The highest BCUT2D eigenvalue weighted by atomic mass is 19.4. The molecule has 1 atom stereocenters. The molecule has 0 spiro atoms. The highest BCUT2D eigenvalue weighted by Crippen LogP contribution is 2.19. The van der Waals surface area contributed by atoms with E-state index in [9.17, 15) is 18.0 Å². The molecule has 0 fully saturated rings. The summed E-state index contributed by atoms with van der Waals surface area (Å²) in [6.07, 6.45) is -2.73. The van der Waals surface area contributed by atoms with Gasteiger partial charge in [-0.2, -0.15) is 13.2 Å². The van der Waals surface area contributed by atoms with Crippen molar-refractivity contribution >= 4 is 5.91 Å². The Balaban J connectivity index is 2.65. The maximum absolute atomic E-state index is 12.4. The zero-order chi connectivity index (χ0) is 14.5. The molecule has 1 aromatic rings. The Labute approximate surface area is 109 Å². The van der Waals surface area contributed by atoms with E-state index in [-0.39, 0.29) is 19.0 Å². The number of rotatable bonds is 6. The molecule has 0 aromatic carbocycles. The van der Waals surface area contributed by atoms with Crippen molar-refractivity contribution in [2.75, 3.05) is 6.54 Å². The number of carbonyl (C=O) groups is 1. The van der Waals surface area contributed by atoms with Gasteiger partial charge in [0.15, 0.2) is 0 Å². The summed E-state index contributed by atoms with van der Waals surface area (Å²) in [6.45, 7) is 0.226. The quantitative estimate of drug-likeness (QED) is 0.868. The van der Waals surface area contributed by atoms with Crippen LogP contribution in [0.3, 0.4) is 0 Å². The Morgan fingerprint density at radius 1 is 1.53 bits per heavy atom. The first-order valence-corrected chi connectivity index (χ1v) is 5.90. The van der Waals surface area contributed by atoms with Gasteiger partial charge in [0.05, 0.1) is 12.8 Å². The van der Waals surface area contributed by atoms with Gasteiger partial charge in [-0.05, 0) is 25.5 Å². The van der Waals surface area contributed by atoms with Crippen LogP contribution in [0.15, 0.2) is 22.8 Å². The van der Waals surface area contributed by atoms with Crippen molar-refractivity contribution in [1.82, 2.24) is 4.90 Å². The number of amides is 1. The van der Waals surface area contributed by atoms with Crippen molar-refractivity contribution in [2.45, 2.75) is 38.5 Å². The molecule has 1 unspecified atom stereocenters. The second-order valence-corrected chi connectivity index (χ2v) is 4.46. The van der Waals surface area contributed by atoms with Crippen LogP contribution in [-0.4, -0.2) is 29.6 Å². The maximum atomic E-state index is 12.4. The van der Waals surface area contributed by atoms with Gasteiger partial charge in [0.25, 0.3) is 0 Å². The highest BCUT2D eigenvalue weighted by molar-refractivity contribution is 5.76. The first kappa shape index (κ1) is 15.6. The summed E-state index contributed by atoms with van der Waals surface area (Å²) in [6, 6.07) is 2.87. The van der Waals surface area contributed by atoms with Crippen molar-refractivity contribution in [2.24, 2.45) is 5.73 Å². The Bertz CT molecular complexity index is 388. The van der Waals surface area contributed by atoms with E-state index in [1.54, 1.807) is 13.0 Å². The summed E-state index contributed by atoms with van der Waals surface area (Å²) < 4.78 is 42.3. The summed E-state index contributed by atoms with van der Waals surface area (Å²) >= 11 is 0. The van der Waals surface area contributed by atoms with Crippen LogP contribution in [0.5, 0.6) is 0 Å². The lowest BCUT2D eigenvalue weighted by Gasteiger charge is -2.23. The van der Waals surface area contributed by atoms with E-state index in [0.29, 0.717) is 12.2 Å². The Morgan fingerprint density at radius 2 is 2.21 bits per heavy atom. The third-order valence-corrected chi connectivity index (χ3v) is 2.46. The smallest absolute Gasteiger partial charge is 0.406 e. The molecule has 108 valence electrons. The van der Waals surface area contributed by atoms with Gasteiger partial charge in [-0.15, -0.1) is 0 Å². The fourth-order valence-electron chi connectivity index (χ4n) is 1.55. The summed E-state index contributed by atoms with van der Waals surface area (Å²) in [4.78, 5) is 12.5. The first-order chi connectivity index (χ1) is 8.78. The molecule has 4 nitrogen and oxygen atoms in total. The fraction of sp³-hybridized carbons (Fsp3) is 0.583. The molecule has 0 aliphatic heterocycles. The number of nitrogens with two attached hydrogens (primary N) is 1. The number of hydrogen-bond donors (Lipinski definition) is 1. The molecule has 0 bridgehead atoms. The van der Waals surface area contributed by atoms with Crippen LogP contribution in [0.25, 0.3) is 0 Å². The minimum atomic E-state index is -4.43. The number of halogens is 3. The van der Waals surface area contributed by atoms with Crippen LogP contribution in [0.2, 0.25) is 0 Å². The van der Waals surface area contributed by atoms with Gasteiger partial charge in [0.1, 0.15) is 12.3 Å². The van der Waals surface area contributed by atoms with Crippen LogP contribution >= 0.6 is 0 Å². The van der Waals surface area contributed by atoms with Crippen molar-refractivity contribution in [3.05, 3.63) is 24.2 Å². The first-order valence-electron chi connectivity index (χ1n) is 5.90. The van der Waals surface area contributed by atoms with E-state index in [1.807, 2.05) is 0 Å². The molecular weight excluding hydrogens is 261 g/mol. The Hall–Kier alpha value is -1.50. The van der Waals surface area contributed by atoms with E-state index in [2.05, 4.69) is 0 Å².